The van der Waals surface area contributed by atoms with Gasteiger partial charge in [0.15, 0.2) is 17.2 Å². The molecule has 0 spiro atoms. The number of aryl methyl sites for hydroxylation is 2. The highest BCUT2D eigenvalue weighted by molar-refractivity contribution is 5.81. The molecule has 5 rings (SSSR count). The Kier molecular flexibility index (Phi) is 7.17. The van der Waals surface area contributed by atoms with Gasteiger partial charge in [0.25, 0.3) is 0 Å². The summed E-state index contributed by atoms with van der Waals surface area (Å²) in [6, 6.07) is 11.7. The number of ether oxygens (including phenoxy) is 3. The number of fused-ring (bicyclic) bond motifs is 1. The van der Waals surface area contributed by atoms with E-state index in [2.05, 4.69) is 15.0 Å². The molecule has 5 atom stereocenters. The highest BCUT2D eigenvalue weighted by Gasteiger charge is 2.57. The number of aromatic nitrogens is 4. The number of anilines is 1. The average molecular weight is 536 g/mol. The van der Waals surface area contributed by atoms with Gasteiger partial charge in [-0.25, -0.2) is 15.0 Å². The molecule has 1 aliphatic heterocycles. The topological polar surface area (TPSA) is 158 Å². The Labute approximate surface area is 225 Å². The van der Waals surface area contributed by atoms with Crippen LogP contribution in [-0.4, -0.2) is 74.0 Å². The first kappa shape index (κ1) is 26.8. The number of hydrogen-bond donors (Lipinski definition) is 4. The summed E-state index contributed by atoms with van der Waals surface area (Å²) in [7, 11) is 3.17. The third-order valence-corrected chi connectivity index (χ3v) is 7.63. The van der Waals surface area contributed by atoms with Crippen molar-refractivity contribution in [2.24, 2.45) is 0 Å². The zero-order valence-corrected chi connectivity index (χ0v) is 22.3. The van der Waals surface area contributed by atoms with Gasteiger partial charge in [0.2, 0.25) is 0 Å². The molecular weight excluding hydrogens is 502 g/mol. The van der Waals surface area contributed by atoms with Crippen LogP contribution < -0.4 is 15.2 Å². The highest BCUT2D eigenvalue weighted by atomic mass is 16.6. The summed E-state index contributed by atoms with van der Waals surface area (Å²) in [5, 5.41) is 32.6. The predicted octanol–water partition coefficient (Wildman–Crippen LogP) is 2.03. The number of methoxy groups -OCH3 is 2. The molecule has 0 bridgehead atoms. The first-order valence-electron chi connectivity index (χ1n) is 12.6. The van der Waals surface area contributed by atoms with Crippen molar-refractivity contribution in [2.45, 2.75) is 50.2 Å². The second kappa shape index (κ2) is 10.4. The maximum atomic E-state index is 11.6. The standard InChI is InChI=1S/C28H33N5O6/c1-15-6-5-7-16(2)22(15)20(17-8-18(37-3)10-19(9-17)38-4)11-28(25(36)24(35)21(12-34)39-28)33-14-32-23-26(29)30-13-31-27(23)33/h5-10,13-14,20-21,24-25,34-36H,11-12H2,1-4H3,(H2,29,30,31)/t20?,21-,24-,25-,28-/m1/s1. The van der Waals surface area contributed by atoms with Crippen molar-refractivity contribution in [3.8, 4) is 11.5 Å². The molecule has 2 aromatic heterocycles. The molecule has 11 heteroatoms. The Balaban J connectivity index is 1.77. The number of nitrogen functional groups attached to an aromatic ring is 1. The van der Waals surface area contributed by atoms with Crippen LogP contribution in [0.15, 0.2) is 49.1 Å². The van der Waals surface area contributed by atoms with Crippen molar-refractivity contribution in [3.63, 3.8) is 0 Å². The molecule has 0 amide bonds. The first-order valence-corrected chi connectivity index (χ1v) is 12.6. The van der Waals surface area contributed by atoms with Crippen molar-refractivity contribution in [3.05, 3.63) is 71.3 Å². The van der Waals surface area contributed by atoms with Crippen LogP contribution in [0, 0.1) is 13.8 Å². The fourth-order valence-corrected chi connectivity index (χ4v) is 5.70. The molecule has 1 fully saturated rings. The molecular formula is C28H33N5O6. The van der Waals surface area contributed by atoms with Crippen molar-refractivity contribution < 1.29 is 29.5 Å². The lowest BCUT2D eigenvalue weighted by Gasteiger charge is -2.38. The minimum absolute atomic E-state index is 0.138. The lowest BCUT2D eigenvalue weighted by molar-refractivity contribution is -0.152. The van der Waals surface area contributed by atoms with Crippen molar-refractivity contribution in [1.82, 2.24) is 19.5 Å². The number of aliphatic hydroxyl groups is 3. The zero-order chi connectivity index (χ0) is 27.9. The summed E-state index contributed by atoms with van der Waals surface area (Å²) in [5.74, 6) is 0.990. The number of aliphatic hydroxyl groups excluding tert-OH is 3. The summed E-state index contributed by atoms with van der Waals surface area (Å²) in [4.78, 5) is 12.8. The predicted molar refractivity (Wildman–Crippen MR) is 144 cm³/mol. The summed E-state index contributed by atoms with van der Waals surface area (Å²) in [5.41, 5.74) is 9.07. The lowest BCUT2D eigenvalue weighted by atomic mass is 9.79. The second-order valence-electron chi connectivity index (χ2n) is 9.87. The first-order chi connectivity index (χ1) is 18.7. The highest BCUT2D eigenvalue weighted by Crippen LogP contribution is 2.48. The van der Waals surface area contributed by atoms with E-state index in [0.29, 0.717) is 22.7 Å². The van der Waals surface area contributed by atoms with E-state index in [1.165, 1.54) is 12.7 Å². The van der Waals surface area contributed by atoms with E-state index >= 15 is 0 Å². The Bertz CT molecular complexity index is 1450. The molecule has 2 aromatic carbocycles. The van der Waals surface area contributed by atoms with Gasteiger partial charge >= 0.3 is 0 Å². The molecule has 39 heavy (non-hydrogen) atoms. The Hall–Kier alpha value is -3.77. The largest absolute Gasteiger partial charge is 0.497 e. The van der Waals surface area contributed by atoms with Gasteiger partial charge < -0.3 is 35.3 Å². The van der Waals surface area contributed by atoms with Gasteiger partial charge in [0, 0.05) is 18.4 Å². The second-order valence-corrected chi connectivity index (χ2v) is 9.87. The molecule has 11 nitrogen and oxygen atoms in total. The average Bonchev–Trinajstić information content (AvgIpc) is 3.48. The van der Waals surface area contributed by atoms with Gasteiger partial charge in [-0.1, -0.05) is 18.2 Å². The third kappa shape index (κ3) is 4.47. The number of hydrogen-bond acceptors (Lipinski definition) is 10. The number of nitrogens with zero attached hydrogens (tertiary/aromatic N) is 4. The molecule has 1 unspecified atom stereocenters. The summed E-state index contributed by atoms with van der Waals surface area (Å²) >= 11 is 0. The zero-order valence-electron chi connectivity index (χ0n) is 22.3. The fourth-order valence-electron chi connectivity index (χ4n) is 5.70. The Morgan fingerprint density at radius 2 is 1.72 bits per heavy atom. The minimum atomic E-state index is -1.59. The minimum Gasteiger partial charge on any atom is -0.497 e. The molecule has 0 aliphatic carbocycles. The van der Waals surface area contributed by atoms with E-state index in [1.54, 1.807) is 24.9 Å². The van der Waals surface area contributed by atoms with Crippen LogP contribution in [0.5, 0.6) is 11.5 Å². The van der Waals surface area contributed by atoms with E-state index in [0.717, 1.165) is 22.3 Å². The normalized spacial score (nSPS) is 23.7. The van der Waals surface area contributed by atoms with Crippen molar-refractivity contribution in [1.29, 1.82) is 0 Å². The quantitative estimate of drug-likeness (QED) is 0.263. The number of benzene rings is 2. The summed E-state index contributed by atoms with van der Waals surface area (Å²) in [6.07, 6.45) is -0.943. The van der Waals surface area contributed by atoms with E-state index in [-0.39, 0.29) is 18.2 Å². The Morgan fingerprint density at radius 3 is 2.31 bits per heavy atom. The fraction of sp³-hybridized carbons (Fsp3) is 0.393. The number of rotatable bonds is 8. The van der Waals surface area contributed by atoms with Crippen molar-refractivity contribution in [2.75, 3.05) is 26.6 Å². The molecule has 5 N–H and O–H groups in total. The molecule has 1 aliphatic rings. The SMILES string of the molecule is COc1cc(OC)cc(C(C[C@@]2(n3cnc4c(N)ncnc43)O[C@H](CO)[C@@H](O)[C@H]2O)c2c(C)cccc2C)c1. The number of nitrogens with two attached hydrogens (primary N) is 1. The van der Waals surface area contributed by atoms with Gasteiger partial charge in [-0.15, -0.1) is 0 Å². The van der Waals surface area contributed by atoms with Gasteiger partial charge in [-0.3, -0.25) is 4.57 Å². The molecule has 4 aromatic rings. The van der Waals surface area contributed by atoms with Crippen LogP contribution in [0.1, 0.15) is 34.6 Å². The van der Waals surface area contributed by atoms with Crippen LogP contribution in [0.3, 0.4) is 0 Å². The van der Waals surface area contributed by atoms with Crippen LogP contribution in [-0.2, 0) is 10.5 Å². The Morgan fingerprint density at radius 1 is 1.05 bits per heavy atom. The summed E-state index contributed by atoms with van der Waals surface area (Å²) in [6.45, 7) is 3.55. The van der Waals surface area contributed by atoms with Crippen LogP contribution in [0.25, 0.3) is 11.2 Å². The third-order valence-electron chi connectivity index (χ3n) is 7.63. The van der Waals surface area contributed by atoms with E-state index in [1.807, 2.05) is 44.2 Å². The smallest absolute Gasteiger partial charge is 0.177 e. The van der Waals surface area contributed by atoms with Gasteiger partial charge in [0.05, 0.1) is 27.2 Å². The van der Waals surface area contributed by atoms with Gasteiger partial charge in [-0.2, -0.15) is 0 Å². The molecule has 1 saturated heterocycles. The van der Waals surface area contributed by atoms with E-state index < -0.39 is 30.6 Å². The van der Waals surface area contributed by atoms with E-state index in [4.69, 9.17) is 19.9 Å². The molecule has 206 valence electrons. The maximum Gasteiger partial charge on any atom is 0.177 e. The maximum absolute atomic E-state index is 11.6. The van der Waals surface area contributed by atoms with Crippen LogP contribution in [0.4, 0.5) is 5.82 Å². The van der Waals surface area contributed by atoms with Crippen LogP contribution >= 0.6 is 0 Å². The van der Waals surface area contributed by atoms with Gasteiger partial charge in [0.1, 0.15) is 41.7 Å². The molecule has 0 saturated carbocycles. The monoisotopic (exact) mass is 535 g/mol. The number of imidazole rings is 1. The van der Waals surface area contributed by atoms with Crippen molar-refractivity contribution >= 4 is 17.0 Å². The molecule has 0 radical (unpaired) electrons. The van der Waals surface area contributed by atoms with E-state index in [9.17, 15) is 15.3 Å². The van der Waals surface area contributed by atoms with Crippen LogP contribution in [0.2, 0.25) is 0 Å². The van der Waals surface area contributed by atoms with Gasteiger partial charge in [-0.05, 0) is 48.2 Å². The summed E-state index contributed by atoms with van der Waals surface area (Å²) < 4.78 is 19.1. The molecule has 3 heterocycles. The lowest BCUT2D eigenvalue weighted by Crippen LogP contribution is -2.46.